The molecule has 0 aromatic heterocycles. The molecule has 32 heavy (non-hydrogen) atoms. The van der Waals surface area contributed by atoms with Crippen molar-refractivity contribution in [3.8, 4) is 0 Å². The minimum absolute atomic E-state index is 0.230. The fraction of sp³-hybridized carbons (Fsp3) is 0.458. The first-order valence-corrected chi connectivity index (χ1v) is 12.7. The van der Waals surface area contributed by atoms with Crippen LogP contribution in [0.1, 0.15) is 24.0 Å². The van der Waals surface area contributed by atoms with Crippen LogP contribution in [0.2, 0.25) is 0 Å². The van der Waals surface area contributed by atoms with Gasteiger partial charge in [-0.15, -0.1) is 0 Å². The summed E-state index contributed by atoms with van der Waals surface area (Å²) in [5.41, 5.74) is 2.26. The topological polar surface area (TPSA) is 73.0 Å². The van der Waals surface area contributed by atoms with Crippen molar-refractivity contribution >= 4 is 15.9 Å². The maximum atomic E-state index is 13.0. The average molecular weight is 457 g/mol. The van der Waals surface area contributed by atoms with Gasteiger partial charge in [-0.25, -0.2) is 8.42 Å². The smallest absolute Gasteiger partial charge is 0.243 e. The lowest BCUT2D eigenvalue weighted by atomic mass is 10.1. The highest BCUT2D eigenvalue weighted by molar-refractivity contribution is 7.89. The van der Waals surface area contributed by atoms with Gasteiger partial charge < -0.3 is 10.2 Å². The van der Waals surface area contributed by atoms with Crippen LogP contribution in [0.3, 0.4) is 0 Å². The van der Waals surface area contributed by atoms with Crippen molar-refractivity contribution in [3.05, 3.63) is 65.7 Å². The maximum absolute atomic E-state index is 13.0. The van der Waals surface area contributed by atoms with Crippen LogP contribution >= 0.6 is 0 Å². The van der Waals surface area contributed by atoms with E-state index in [1.807, 2.05) is 12.1 Å². The number of hydrogen-bond donors (Lipinski definition) is 1. The third-order valence-electron chi connectivity index (χ3n) is 6.32. The zero-order valence-corrected chi connectivity index (χ0v) is 19.4. The fourth-order valence-electron chi connectivity index (χ4n) is 4.43. The van der Waals surface area contributed by atoms with Gasteiger partial charge in [-0.3, -0.25) is 9.69 Å². The van der Waals surface area contributed by atoms with Crippen LogP contribution in [-0.2, 0) is 27.9 Å². The molecule has 2 aromatic rings. The number of nitrogens with zero attached hydrogens (tertiary/aromatic N) is 3. The Labute approximate surface area is 191 Å². The van der Waals surface area contributed by atoms with Crippen molar-refractivity contribution in [1.29, 1.82) is 0 Å². The summed E-state index contributed by atoms with van der Waals surface area (Å²) in [4.78, 5) is 17.9. The lowest BCUT2D eigenvalue weighted by Gasteiger charge is -2.32. The number of rotatable bonds is 7. The second-order valence-electron chi connectivity index (χ2n) is 8.70. The predicted octanol–water partition coefficient (Wildman–Crippen LogP) is 1.90. The summed E-state index contributed by atoms with van der Waals surface area (Å²) < 4.78 is 27.4. The van der Waals surface area contributed by atoms with Crippen LogP contribution in [0.4, 0.5) is 0 Å². The predicted molar refractivity (Wildman–Crippen MR) is 124 cm³/mol. The van der Waals surface area contributed by atoms with Crippen molar-refractivity contribution in [2.75, 3.05) is 39.8 Å². The monoisotopic (exact) mass is 456 g/mol. The van der Waals surface area contributed by atoms with E-state index in [0.717, 1.165) is 38.3 Å². The zero-order chi connectivity index (χ0) is 22.6. The van der Waals surface area contributed by atoms with E-state index in [1.54, 1.807) is 30.3 Å². The summed E-state index contributed by atoms with van der Waals surface area (Å²) in [6.07, 6.45) is 1.23. The number of carbonyl (C=O) groups excluding carboxylic acids is 1. The molecule has 0 spiro atoms. The Balaban J connectivity index is 1.36. The highest BCUT2D eigenvalue weighted by Crippen LogP contribution is 2.26. The molecule has 1 atom stereocenters. The number of amides is 1. The number of nitrogens with one attached hydrogen (secondary N) is 1. The van der Waals surface area contributed by atoms with Gasteiger partial charge in [0.05, 0.1) is 4.90 Å². The largest absolute Gasteiger partial charge is 0.351 e. The molecule has 8 heteroatoms. The number of benzene rings is 2. The summed E-state index contributed by atoms with van der Waals surface area (Å²) in [5, 5.41) is 2.97. The number of sulfonamides is 1. The van der Waals surface area contributed by atoms with Gasteiger partial charge in [0.2, 0.25) is 15.9 Å². The minimum Gasteiger partial charge on any atom is -0.351 e. The molecule has 4 rings (SSSR count). The van der Waals surface area contributed by atoms with Gasteiger partial charge in [-0.1, -0.05) is 42.5 Å². The van der Waals surface area contributed by atoms with E-state index < -0.39 is 16.1 Å². The summed E-state index contributed by atoms with van der Waals surface area (Å²) >= 11 is 0. The molecule has 2 fully saturated rings. The standard InChI is InChI=1S/C24H32N4O3S/c1-26-13-15-27(16-14-26)19-21-8-5-7-20(17-21)18-25-24(29)23-11-6-12-28(23)32(30,31)22-9-3-2-4-10-22/h2-5,7-10,17,23H,6,11-16,18-19H2,1H3,(H,25,29). The van der Waals surface area contributed by atoms with Crippen LogP contribution < -0.4 is 5.32 Å². The molecule has 2 saturated heterocycles. The minimum atomic E-state index is -3.68. The van der Waals surface area contributed by atoms with E-state index in [-0.39, 0.29) is 10.8 Å². The van der Waals surface area contributed by atoms with Gasteiger partial charge in [0.1, 0.15) is 6.04 Å². The summed E-state index contributed by atoms with van der Waals surface area (Å²) in [6, 6.07) is 16.0. The lowest BCUT2D eigenvalue weighted by Crippen LogP contribution is -2.45. The van der Waals surface area contributed by atoms with E-state index in [9.17, 15) is 13.2 Å². The van der Waals surface area contributed by atoms with Crippen LogP contribution in [-0.4, -0.2) is 74.2 Å². The molecule has 1 amide bonds. The van der Waals surface area contributed by atoms with Crippen molar-refractivity contribution in [1.82, 2.24) is 19.4 Å². The van der Waals surface area contributed by atoms with E-state index in [4.69, 9.17) is 0 Å². The van der Waals surface area contributed by atoms with Crippen molar-refractivity contribution < 1.29 is 13.2 Å². The molecular weight excluding hydrogens is 424 g/mol. The second-order valence-corrected chi connectivity index (χ2v) is 10.6. The molecule has 0 radical (unpaired) electrons. The molecule has 0 saturated carbocycles. The molecule has 172 valence electrons. The second kappa shape index (κ2) is 10.1. The summed E-state index contributed by atoms with van der Waals surface area (Å²) in [5.74, 6) is -0.230. The van der Waals surface area contributed by atoms with Crippen LogP contribution in [0.5, 0.6) is 0 Å². The van der Waals surface area contributed by atoms with Gasteiger partial charge in [0, 0.05) is 45.8 Å². The number of piperazine rings is 1. The highest BCUT2D eigenvalue weighted by Gasteiger charge is 2.39. The van der Waals surface area contributed by atoms with Crippen molar-refractivity contribution in [3.63, 3.8) is 0 Å². The quantitative estimate of drug-likeness (QED) is 0.689. The van der Waals surface area contributed by atoms with E-state index >= 15 is 0 Å². The van der Waals surface area contributed by atoms with Crippen molar-refractivity contribution in [2.45, 2.75) is 36.9 Å². The Morgan fingerprint density at radius 1 is 0.969 bits per heavy atom. The Morgan fingerprint density at radius 2 is 1.69 bits per heavy atom. The Bertz CT molecular complexity index is 1020. The normalized spacial score (nSPS) is 21.0. The third-order valence-corrected chi connectivity index (χ3v) is 8.24. The Hall–Kier alpha value is -2.26. The summed E-state index contributed by atoms with van der Waals surface area (Å²) in [6.45, 7) is 5.96. The molecule has 0 aliphatic carbocycles. The van der Waals surface area contributed by atoms with Crippen molar-refractivity contribution in [2.24, 2.45) is 0 Å². The molecule has 2 aliphatic heterocycles. The molecule has 0 bridgehead atoms. The first kappa shape index (κ1) is 22.9. The highest BCUT2D eigenvalue weighted by atomic mass is 32.2. The Morgan fingerprint density at radius 3 is 2.44 bits per heavy atom. The van der Waals surface area contributed by atoms with Gasteiger partial charge in [0.25, 0.3) is 0 Å². The van der Waals surface area contributed by atoms with Gasteiger partial charge in [-0.05, 0) is 43.1 Å². The van der Waals surface area contributed by atoms with Gasteiger partial charge in [0.15, 0.2) is 0 Å². The van der Waals surface area contributed by atoms with Gasteiger partial charge in [-0.2, -0.15) is 4.31 Å². The molecule has 7 nitrogen and oxygen atoms in total. The maximum Gasteiger partial charge on any atom is 0.243 e. The van der Waals surface area contributed by atoms with E-state index in [0.29, 0.717) is 25.9 Å². The molecule has 2 aromatic carbocycles. The van der Waals surface area contributed by atoms with E-state index in [1.165, 1.54) is 9.87 Å². The van der Waals surface area contributed by atoms with Crippen LogP contribution in [0.15, 0.2) is 59.5 Å². The molecular formula is C24H32N4O3S. The third kappa shape index (κ3) is 5.38. The molecule has 2 aliphatic rings. The first-order valence-electron chi connectivity index (χ1n) is 11.3. The van der Waals surface area contributed by atoms with Crippen LogP contribution in [0.25, 0.3) is 0 Å². The summed E-state index contributed by atoms with van der Waals surface area (Å²) in [7, 11) is -1.53. The number of carbonyl (C=O) groups is 1. The fourth-order valence-corrected chi connectivity index (χ4v) is 6.10. The zero-order valence-electron chi connectivity index (χ0n) is 18.6. The number of likely N-dealkylation sites (N-methyl/N-ethyl adjacent to an activating group) is 1. The average Bonchev–Trinajstić information content (AvgIpc) is 3.31. The first-order chi connectivity index (χ1) is 15.4. The van der Waals surface area contributed by atoms with E-state index in [2.05, 4.69) is 34.3 Å². The molecule has 2 heterocycles. The Kier molecular flexibility index (Phi) is 7.25. The van der Waals surface area contributed by atoms with Gasteiger partial charge >= 0.3 is 0 Å². The SMILES string of the molecule is CN1CCN(Cc2cccc(CNC(=O)C3CCCN3S(=O)(=O)c3ccccc3)c2)CC1. The number of hydrogen-bond acceptors (Lipinski definition) is 5. The molecule has 1 unspecified atom stereocenters. The lowest BCUT2D eigenvalue weighted by molar-refractivity contribution is -0.124. The van der Waals surface area contributed by atoms with Crippen LogP contribution in [0, 0.1) is 0 Å². The molecule has 1 N–H and O–H groups in total.